The van der Waals surface area contributed by atoms with Gasteiger partial charge in [-0.1, -0.05) is 25.7 Å². The molecule has 1 saturated carbocycles. The molecular weight excluding hydrogens is 270 g/mol. The van der Waals surface area contributed by atoms with E-state index in [-0.39, 0.29) is 24.8 Å². The van der Waals surface area contributed by atoms with Gasteiger partial charge in [0.15, 0.2) is 0 Å². The predicted molar refractivity (Wildman–Crippen MR) is 78.3 cm³/mol. The first-order chi connectivity index (χ1) is 10.0. The van der Waals surface area contributed by atoms with Crippen LogP contribution in [0.25, 0.3) is 0 Å². The van der Waals surface area contributed by atoms with Gasteiger partial charge in [-0.3, -0.25) is 14.5 Å². The van der Waals surface area contributed by atoms with Crippen molar-refractivity contribution in [1.82, 2.24) is 10.2 Å². The van der Waals surface area contributed by atoms with Crippen molar-refractivity contribution in [2.45, 2.75) is 50.5 Å². The van der Waals surface area contributed by atoms with Crippen molar-refractivity contribution >= 4 is 11.9 Å². The highest BCUT2D eigenvalue weighted by atomic mass is 16.5. The highest BCUT2D eigenvalue weighted by Gasteiger charge is 2.32. The minimum atomic E-state index is -0.712. The van der Waals surface area contributed by atoms with Crippen LogP contribution in [0.4, 0.5) is 0 Å². The molecule has 0 bridgehead atoms. The molecule has 0 aromatic rings. The van der Waals surface area contributed by atoms with E-state index in [0.29, 0.717) is 6.54 Å². The van der Waals surface area contributed by atoms with Gasteiger partial charge in [0.1, 0.15) is 5.54 Å². The molecule has 1 amide bonds. The van der Waals surface area contributed by atoms with Crippen molar-refractivity contribution < 1.29 is 14.3 Å². The van der Waals surface area contributed by atoms with Crippen LogP contribution in [-0.2, 0) is 14.3 Å². The largest absolute Gasteiger partial charge is 0.469 e. The van der Waals surface area contributed by atoms with Crippen LogP contribution in [0.2, 0.25) is 0 Å². The molecule has 21 heavy (non-hydrogen) atoms. The molecule has 0 aliphatic heterocycles. The van der Waals surface area contributed by atoms with Gasteiger partial charge in [0.25, 0.3) is 0 Å². The lowest BCUT2D eigenvalue weighted by atomic mass is 9.92. The number of nitrogens with one attached hydrogen (secondary N) is 1. The van der Waals surface area contributed by atoms with E-state index in [2.05, 4.69) is 16.1 Å². The van der Waals surface area contributed by atoms with E-state index in [1.54, 1.807) is 11.9 Å². The molecule has 0 unspecified atom stereocenters. The Hall–Kier alpha value is -1.61. The Kier molecular flexibility index (Phi) is 7.17. The highest BCUT2D eigenvalue weighted by molar-refractivity contribution is 5.79. The highest BCUT2D eigenvalue weighted by Crippen LogP contribution is 2.26. The zero-order valence-electron chi connectivity index (χ0n) is 13.0. The zero-order chi connectivity index (χ0) is 15.7. The molecule has 1 rings (SSSR count). The number of amides is 1. The van der Waals surface area contributed by atoms with Gasteiger partial charge in [-0.05, 0) is 19.9 Å². The fourth-order valence-electron chi connectivity index (χ4n) is 2.61. The summed E-state index contributed by atoms with van der Waals surface area (Å²) in [6.45, 7) is 0.639. The number of hydrogen-bond donors (Lipinski definition) is 1. The third-order valence-corrected chi connectivity index (χ3v) is 3.89. The number of rotatable bonds is 6. The molecule has 0 radical (unpaired) electrons. The Morgan fingerprint density at radius 1 is 1.29 bits per heavy atom. The SMILES string of the molecule is COC(=O)CCN(C)CC(=O)NC1(C#N)CCCCCC1. The lowest BCUT2D eigenvalue weighted by molar-refractivity contribution is -0.141. The number of hydrogen-bond acceptors (Lipinski definition) is 5. The number of carbonyl (C=O) groups is 2. The van der Waals surface area contributed by atoms with Crippen molar-refractivity contribution in [2.24, 2.45) is 0 Å². The van der Waals surface area contributed by atoms with Crippen molar-refractivity contribution in [3.8, 4) is 6.07 Å². The standard InChI is InChI=1S/C15H25N3O3/c1-18(10-7-14(20)21-2)11-13(19)17-15(12-16)8-5-3-4-6-9-15/h3-11H2,1-2H3,(H,17,19). The number of likely N-dealkylation sites (N-methyl/N-ethyl adjacent to an activating group) is 1. The molecule has 0 aromatic heterocycles. The Labute approximate surface area is 126 Å². The van der Waals surface area contributed by atoms with Gasteiger partial charge in [0, 0.05) is 6.54 Å². The average molecular weight is 295 g/mol. The van der Waals surface area contributed by atoms with Gasteiger partial charge in [0.2, 0.25) is 5.91 Å². The molecule has 0 saturated heterocycles. The molecule has 0 heterocycles. The lowest BCUT2D eigenvalue weighted by Crippen LogP contribution is -2.50. The average Bonchev–Trinajstić information content (AvgIpc) is 2.70. The van der Waals surface area contributed by atoms with E-state index in [4.69, 9.17) is 0 Å². The second kappa shape index (κ2) is 8.63. The van der Waals surface area contributed by atoms with Crippen LogP contribution in [0.1, 0.15) is 44.9 Å². The summed E-state index contributed by atoms with van der Waals surface area (Å²) in [5.74, 6) is -0.453. The van der Waals surface area contributed by atoms with E-state index < -0.39 is 5.54 Å². The number of nitriles is 1. The van der Waals surface area contributed by atoms with Crippen LogP contribution in [-0.4, -0.2) is 49.6 Å². The third-order valence-electron chi connectivity index (χ3n) is 3.89. The monoisotopic (exact) mass is 295 g/mol. The molecule has 1 aliphatic carbocycles. The molecule has 1 fully saturated rings. The lowest BCUT2D eigenvalue weighted by Gasteiger charge is -2.27. The summed E-state index contributed by atoms with van der Waals surface area (Å²) in [7, 11) is 3.12. The minimum Gasteiger partial charge on any atom is -0.469 e. The predicted octanol–water partition coefficient (Wildman–Crippen LogP) is 1.21. The van der Waals surface area contributed by atoms with E-state index in [1.807, 2.05) is 0 Å². The molecule has 6 nitrogen and oxygen atoms in total. The second-order valence-electron chi connectivity index (χ2n) is 5.72. The summed E-state index contributed by atoms with van der Waals surface area (Å²) in [6.07, 6.45) is 5.90. The molecule has 0 aromatic carbocycles. The van der Waals surface area contributed by atoms with Gasteiger partial charge in [0.05, 0.1) is 26.1 Å². The topological polar surface area (TPSA) is 82.4 Å². The van der Waals surface area contributed by atoms with Gasteiger partial charge >= 0.3 is 5.97 Å². The third kappa shape index (κ3) is 6.13. The zero-order valence-corrected chi connectivity index (χ0v) is 13.0. The fourth-order valence-corrected chi connectivity index (χ4v) is 2.61. The number of esters is 1. The first kappa shape index (κ1) is 17.4. The van der Waals surface area contributed by atoms with Crippen LogP contribution in [0.5, 0.6) is 0 Å². The first-order valence-corrected chi connectivity index (χ1v) is 7.49. The summed E-state index contributed by atoms with van der Waals surface area (Å²) in [5, 5.41) is 12.3. The smallest absolute Gasteiger partial charge is 0.306 e. The maximum Gasteiger partial charge on any atom is 0.306 e. The van der Waals surface area contributed by atoms with E-state index in [1.165, 1.54) is 7.11 Å². The van der Waals surface area contributed by atoms with Crippen molar-refractivity contribution in [2.75, 3.05) is 27.2 Å². The second-order valence-corrected chi connectivity index (χ2v) is 5.72. The number of ether oxygens (including phenoxy) is 1. The molecule has 0 atom stereocenters. The number of carbonyl (C=O) groups excluding carboxylic acids is 2. The Bertz CT molecular complexity index is 395. The van der Waals surface area contributed by atoms with Crippen molar-refractivity contribution in [3.63, 3.8) is 0 Å². The molecule has 1 aliphatic rings. The van der Waals surface area contributed by atoms with Crippen molar-refractivity contribution in [1.29, 1.82) is 5.26 Å². The fraction of sp³-hybridized carbons (Fsp3) is 0.800. The van der Waals surface area contributed by atoms with E-state index in [0.717, 1.165) is 38.5 Å². The number of methoxy groups -OCH3 is 1. The molecule has 0 spiro atoms. The van der Waals surface area contributed by atoms with Crippen LogP contribution in [0.15, 0.2) is 0 Å². The Morgan fingerprint density at radius 3 is 2.43 bits per heavy atom. The van der Waals surface area contributed by atoms with E-state index >= 15 is 0 Å². The summed E-state index contributed by atoms with van der Waals surface area (Å²) in [6, 6.07) is 2.30. The number of nitrogens with zero attached hydrogens (tertiary/aromatic N) is 2. The van der Waals surface area contributed by atoms with Crippen molar-refractivity contribution in [3.05, 3.63) is 0 Å². The molecule has 6 heteroatoms. The maximum atomic E-state index is 12.1. The Balaban J connectivity index is 2.43. The van der Waals surface area contributed by atoms with Crippen LogP contribution < -0.4 is 5.32 Å². The van der Waals surface area contributed by atoms with Gasteiger partial charge in [-0.25, -0.2) is 0 Å². The van der Waals surface area contributed by atoms with Gasteiger partial charge < -0.3 is 10.1 Å². The van der Waals surface area contributed by atoms with Gasteiger partial charge in [-0.15, -0.1) is 0 Å². The summed E-state index contributed by atoms with van der Waals surface area (Å²) in [4.78, 5) is 24.9. The van der Waals surface area contributed by atoms with E-state index in [9.17, 15) is 14.9 Å². The van der Waals surface area contributed by atoms with Crippen LogP contribution >= 0.6 is 0 Å². The molecular formula is C15H25N3O3. The molecule has 118 valence electrons. The Morgan fingerprint density at radius 2 is 1.90 bits per heavy atom. The summed E-state index contributed by atoms with van der Waals surface area (Å²) in [5.41, 5.74) is -0.712. The normalized spacial score (nSPS) is 17.6. The summed E-state index contributed by atoms with van der Waals surface area (Å²) >= 11 is 0. The van der Waals surface area contributed by atoms with Gasteiger partial charge in [-0.2, -0.15) is 5.26 Å². The summed E-state index contributed by atoms with van der Waals surface area (Å²) < 4.78 is 4.57. The first-order valence-electron chi connectivity index (χ1n) is 7.49. The van der Waals surface area contributed by atoms with Crippen LogP contribution in [0, 0.1) is 11.3 Å². The molecule has 1 N–H and O–H groups in total. The minimum absolute atomic E-state index is 0.161. The van der Waals surface area contributed by atoms with Crippen LogP contribution in [0.3, 0.4) is 0 Å². The quantitative estimate of drug-likeness (QED) is 0.588. The maximum absolute atomic E-state index is 12.1.